The van der Waals surface area contributed by atoms with Crippen LogP contribution in [0.15, 0.2) is 34.7 Å². The van der Waals surface area contributed by atoms with Gasteiger partial charge in [0.2, 0.25) is 0 Å². The van der Waals surface area contributed by atoms with Gasteiger partial charge < -0.3 is 5.11 Å². The number of carboxylic acid groups (broad SMARTS) is 1. The van der Waals surface area contributed by atoms with Crippen LogP contribution in [0, 0.1) is 11.3 Å². The molecule has 1 rings (SSSR count). The molecule has 1 N–H and O–H groups in total. The van der Waals surface area contributed by atoms with E-state index in [9.17, 15) is 4.79 Å². The molecule has 0 heterocycles. The molecule has 1 aromatic carbocycles. The van der Waals surface area contributed by atoms with Gasteiger partial charge in [-0.15, -0.1) is 11.8 Å². The van der Waals surface area contributed by atoms with Crippen molar-refractivity contribution in [2.24, 2.45) is 0 Å². The van der Waals surface area contributed by atoms with E-state index in [1.54, 1.807) is 6.07 Å². The fourth-order valence-electron chi connectivity index (χ4n) is 1.69. The van der Waals surface area contributed by atoms with Gasteiger partial charge in [0.15, 0.2) is 0 Å². The second-order valence-corrected chi connectivity index (χ2v) is 5.62. The number of hydrogen-bond acceptors (Lipinski definition) is 3. The Balaban J connectivity index is 2.52. The Morgan fingerprint density at radius 3 is 2.55 bits per heavy atom. The van der Waals surface area contributed by atoms with Crippen molar-refractivity contribution in [1.29, 1.82) is 5.26 Å². The van der Waals surface area contributed by atoms with Crippen molar-refractivity contribution in [1.82, 2.24) is 0 Å². The van der Waals surface area contributed by atoms with Crippen LogP contribution in [0.4, 0.5) is 0 Å². The van der Waals surface area contributed by atoms with Crippen LogP contribution >= 0.6 is 11.8 Å². The number of hydrogen-bond donors (Lipinski definition) is 1. The Labute approximate surface area is 124 Å². The van der Waals surface area contributed by atoms with Gasteiger partial charge in [0.05, 0.1) is 0 Å². The first kappa shape index (κ1) is 16.3. The maximum atomic E-state index is 10.7. The van der Waals surface area contributed by atoms with Gasteiger partial charge in [-0.05, 0) is 35.9 Å². The van der Waals surface area contributed by atoms with E-state index >= 15 is 0 Å². The quantitative estimate of drug-likeness (QED) is 0.334. The molecule has 0 aliphatic carbocycles. The lowest BCUT2D eigenvalue weighted by molar-refractivity contribution is -0.132. The molecular weight excluding hydrogens is 270 g/mol. The predicted octanol–water partition coefficient (Wildman–Crippen LogP) is 4.35. The molecule has 0 amide bonds. The van der Waals surface area contributed by atoms with E-state index in [4.69, 9.17) is 10.4 Å². The number of rotatable bonds is 8. The first-order chi connectivity index (χ1) is 9.67. The number of benzene rings is 1. The summed E-state index contributed by atoms with van der Waals surface area (Å²) in [4.78, 5) is 11.9. The minimum atomic E-state index is -1.19. The second-order valence-electron chi connectivity index (χ2n) is 4.45. The lowest BCUT2D eigenvalue weighted by atomic mass is 10.1. The maximum absolute atomic E-state index is 10.7. The third-order valence-electron chi connectivity index (χ3n) is 2.81. The van der Waals surface area contributed by atoms with Crippen molar-refractivity contribution < 1.29 is 9.90 Å². The molecule has 0 aliphatic rings. The van der Waals surface area contributed by atoms with Gasteiger partial charge in [-0.2, -0.15) is 5.26 Å². The average Bonchev–Trinajstić information content (AvgIpc) is 2.45. The number of thioether (sulfide) groups is 1. The molecule has 0 radical (unpaired) electrons. The Morgan fingerprint density at radius 1 is 1.30 bits per heavy atom. The van der Waals surface area contributed by atoms with Gasteiger partial charge in [0.25, 0.3) is 0 Å². The predicted molar refractivity (Wildman–Crippen MR) is 82.5 cm³/mol. The fraction of sp³-hybridized carbons (Fsp3) is 0.375. The Bertz CT molecular complexity index is 500. The molecule has 20 heavy (non-hydrogen) atoms. The standard InChI is InChI=1S/C16H19NO2S/c1-2-3-4-5-10-20-15-8-6-13(7-9-15)11-14(12-17)16(18)19/h6-9,11H,2-5,10H2,1H3,(H,18,19)/b14-11+. The highest BCUT2D eigenvalue weighted by atomic mass is 32.2. The zero-order valence-electron chi connectivity index (χ0n) is 11.6. The van der Waals surface area contributed by atoms with Crippen LogP contribution in [0.3, 0.4) is 0 Å². The van der Waals surface area contributed by atoms with Crippen molar-refractivity contribution in [3.63, 3.8) is 0 Å². The van der Waals surface area contributed by atoms with Crippen LogP contribution in [0.1, 0.15) is 38.2 Å². The lowest BCUT2D eigenvalue weighted by Gasteiger charge is -2.02. The summed E-state index contributed by atoms with van der Waals surface area (Å²) in [5.74, 6) is -0.0878. The Hall–Kier alpha value is -1.73. The number of nitrogens with zero attached hydrogens (tertiary/aromatic N) is 1. The summed E-state index contributed by atoms with van der Waals surface area (Å²) in [6, 6.07) is 9.29. The van der Waals surface area contributed by atoms with Crippen molar-refractivity contribution in [3.8, 4) is 6.07 Å². The van der Waals surface area contributed by atoms with Gasteiger partial charge >= 0.3 is 5.97 Å². The van der Waals surface area contributed by atoms with Crippen LogP contribution in [0.5, 0.6) is 0 Å². The van der Waals surface area contributed by atoms with Gasteiger partial charge in [-0.3, -0.25) is 0 Å². The molecular formula is C16H19NO2S. The molecule has 0 spiro atoms. The molecule has 3 nitrogen and oxygen atoms in total. The third-order valence-corrected chi connectivity index (χ3v) is 3.91. The normalized spacial score (nSPS) is 11.1. The first-order valence-electron chi connectivity index (χ1n) is 6.75. The van der Waals surface area contributed by atoms with E-state index in [2.05, 4.69) is 6.92 Å². The zero-order chi connectivity index (χ0) is 14.8. The first-order valence-corrected chi connectivity index (χ1v) is 7.74. The number of unbranched alkanes of at least 4 members (excludes halogenated alkanes) is 3. The summed E-state index contributed by atoms with van der Waals surface area (Å²) >= 11 is 1.81. The van der Waals surface area contributed by atoms with Crippen LogP contribution < -0.4 is 0 Å². The summed E-state index contributed by atoms with van der Waals surface area (Å²) in [6.45, 7) is 2.20. The van der Waals surface area contributed by atoms with E-state index in [1.165, 1.54) is 36.7 Å². The van der Waals surface area contributed by atoms with Crippen molar-refractivity contribution in [2.45, 2.75) is 37.5 Å². The molecule has 0 fully saturated rings. The van der Waals surface area contributed by atoms with Gasteiger partial charge in [0.1, 0.15) is 11.6 Å². The highest BCUT2D eigenvalue weighted by molar-refractivity contribution is 7.99. The summed E-state index contributed by atoms with van der Waals surface area (Å²) in [5.41, 5.74) is 0.490. The van der Waals surface area contributed by atoms with E-state index in [1.807, 2.05) is 36.0 Å². The van der Waals surface area contributed by atoms with Crippen molar-refractivity contribution in [2.75, 3.05) is 5.75 Å². The Kier molecular flexibility index (Phi) is 7.52. The summed E-state index contributed by atoms with van der Waals surface area (Å²) in [5, 5.41) is 17.5. The monoisotopic (exact) mass is 289 g/mol. The van der Waals surface area contributed by atoms with E-state index in [0.29, 0.717) is 0 Å². The fourth-order valence-corrected chi connectivity index (χ4v) is 2.60. The number of carboxylic acids is 1. The van der Waals surface area contributed by atoms with Crippen LogP contribution in [0.25, 0.3) is 6.08 Å². The zero-order valence-corrected chi connectivity index (χ0v) is 12.4. The smallest absolute Gasteiger partial charge is 0.346 e. The highest BCUT2D eigenvalue weighted by Gasteiger charge is 2.05. The number of aliphatic carboxylic acids is 1. The van der Waals surface area contributed by atoms with Gasteiger partial charge in [-0.1, -0.05) is 38.3 Å². The summed E-state index contributed by atoms with van der Waals surface area (Å²) in [6.07, 6.45) is 6.41. The molecule has 0 unspecified atom stereocenters. The van der Waals surface area contributed by atoms with Gasteiger partial charge in [-0.25, -0.2) is 4.79 Å². The average molecular weight is 289 g/mol. The van der Waals surface area contributed by atoms with Crippen molar-refractivity contribution in [3.05, 3.63) is 35.4 Å². The topological polar surface area (TPSA) is 61.1 Å². The van der Waals surface area contributed by atoms with Crippen LogP contribution in [-0.4, -0.2) is 16.8 Å². The maximum Gasteiger partial charge on any atom is 0.346 e. The van der Waals surface area contributed by atoms with E-state index in [0.717, 1.165) is 11.3 Å². The van der Waals surface area contributed by atoms with Crippen LogP contribution in [0.2, 0.25) is 0 Å². The van der Waals surface area contributed by atoms with Gasteiger partial charge in [0, 0.05) is 4.90 Å². The molecule has 1 aromatic rings. The SMILES string of the molecule is CCCCCCSc1ccc(/C=C(\C#N)C(=O)O)cc1. The third kappa shape index (κ3) is 5.94. The lowest BCUT2D eigenvalue weighted by Crippen LogP contribution is -1.97. The molecule has 0 aromatic heterocycles. The molecule has 0 atom stereocenters. The Morgan fingerprint density at radius 2 is 2.00 bits per heavy atom. The molecule has 0 saturated carbocycles. The molecule has 106 valence electrons. The summed E-state index contributed by atoms with van der Waals surface area (Å²) < 4.78 is 0. The number of carbonyl (C=O) groups is 1. The largest absolute Gasteiger partial charge is 0.477 e. The molecule has 0 bridgehead atoms. The molecule has 0 aliphatic heterocycles. The van der Waals surface area contributed by atoms with Crippen LogP contribution in [-0.2, 0) is 4.79 Å². The number of nitriles is 1. The molecule has 4 heteroatoms. The highest BCUT2D eigenvalue weighted by Crippen LogP contribution is 2.21. The van der Waals surface area contributed by atoms with Crippen molar-refractivity contribution >= 4 is 23.8 Å². The minimum absolute atomic E-state index is 0.245. The van der Waals surface area contributed by atoms with E-state index in [-0.39, 0.29) is 5.57 Å². The minimum Gasteiger partial charge on any atom is -0.477 e. The summed E-state index contributed by atoms with van der Waals surface area (Å²) in [7, 11) is 0. The second kappa shape index (κ2) is 9.22. The van der Waals surface area contributed by atoms with E-state index < -0.39 is 5.97 Å². The molecule has 0 saturated heterocycles.